The highest BCUT2D eigenvalue weighted by atomic mass is 79.9. The summed E-state index contributed by atoms with van der Waals surface area (Å²) in [4.78, 5) is 6.52. The summed E-state index contributed by atoms with van der Waals surface area (Å²) >= 11 is 11.4. The highest BCUT2D eigenvalue weighted by molar-refractivity contribution is 9.10. The zero-order chi connectivity index (χ0) is 14.8. The van der Waals surface area contributed by atoms with Crippen LogP contribution >= 0.6 is 38.9 Å². The molecule has 2 fully saturated rings. The molecule has 2 unspecified atom stereocenters. The molecule has 2 aliphatic heterocycles. The van der Waals surface area contributed by atoms with Crippen LogP contribution < -0.4 is 5.73 Å². The Morgan fingerprint density at radius 3 is 2.71 bits per heavy atom. The van der Waals surface area contributed by atoms with Crippen LogP contribution in [0.1, 0.15) is 36.6 Å². The molecule has 6 heteroatoms. The largest absolute Gasteiger partial charge is 0.329 e. The lowest BCUT2D eigenvalue weighted by Gasteiger charge is -2.33. The highest BCUT2D eigenvalue weighted by Gasteiger charge is 2.33. The Morgan fingerprint density at radius 1 is 1.33 bits per heavy atom. The van der Waals surface area contributed by atoms with Crippen molar-refractivity contribution in [3.05, 3.63) is 19.8 Å². The van der Waals surface area contributed by atoms with Crippen LogP contribution in [0.15, 0.2) is 10.5 Å². The number of piperidine rings is 1. The van der Waals surface area contributed by atoms with Gasteiger partial charge in [0.05, 0.1) is 6.04 Å². The molecule has 3 rings (SSSR count). The predicted molar refractivity (Wildman–Crippen MR) is 94.2 cm³/mol. The molecule has 2 atom stereocenters. The van der Waals surface area contributed by atoms with Crippen LogP contribution in [-0.2, 0) is 0 Å². The Bertz CT molecular complexity index is 456. The van der Waals surface area contributed by atoms with Gasteiger partial charge in [0, 0.05) is 35.0 Å². The Kier molecular flexibility index (Phi) is 5.62. The first-order valence-corrected chi connectivity index (χ1v) is 9.80. The first-order valence-electron chi connectivity index (χ1n) is 7.82. The van der Waals surface area contributed by atoms with Crippen molar-refractivity contribution in [2.75, 3.05) is 32.7 Å². The van der Waals surface area contributed by atoms with Gasteiger partial charge in [0.15, 0.2) is 0 Å². The monoisotopic (exact) mass is 391 g/mol. The molecule has 0 amide bonds. The van der Waals surface area contributed by atoms with Gasteiger partial charge in [-0.25, -0.2) is 0 Å². The molecule has 0 bridgehead atoms. The predicted octanol–water partition coefficient (Wildman–Crippen LogP) is 3.72. The van der Waals surface area contributed by atoms with E-state index in [1.807, 2.05) is 0 Å². The summed E-state index contributed by atoms with van der Waals surface area (Å²) in [6.07, 6.45) is 5.41. The normalized spacial score (nSPS) is 26.3. The van der Waals surface area contributed by atoms with Crippen molar-refractivity contribution >= 4 is 38.9 Å². The van der Waals surface area contributed by atoms with Gasteiger partial charge in [-0.2, -0.15) is 0 Å². The summed E-state index contributed by atoms with van der Waals surface area (Å²) in [6, 6.07) is 3.17. The molecular weight excluding hydrogens is 370 g/mol. The Balaban J connectivity index is 1.65. The van der Waals surface area contributed by atoms with Crippen molar-refractivity contribution in [3.8, 4) is 0 Å². The van der Waals surface area contributed by atoms with Gasteiger partial charge in [-0.3, -0.25) is 9.80 Å². The molecule has 1 aromatic heterocycles. The van der Waals surface area contributed by atoms with Crippen molar-refractivity contribution in [2.45, 2.75) is 37.8 Å². The van der Waals surface area contributed by atoms with Crippen LogP contribution in [0, 0.1) is 0 Å². The average Bonchev–Trinajstić information content (AvgIpc) is 3.10. The second-order valence-electron chi connectivity index (χ2n) is 6.06. The fourth-order valence-electron chi connectivity index (χ4n) is 3.61. The lowest BCUT2D eigenvalue weighted by molar-refractivity contribution is 0.153. The van der Waals surface area contributed by atoms with Crippen LogP contribution in [0.25, 0.3) is 0 Å². The standard InChI is InChI=1S/C15H23BrClN3S/c16-12-8-14(21-15(12)17)13(9-18)20-7-4-11(10-20)19-5-2-1-3-6-19/h8,11,13H,1-7,9-10,18H2. The van der Waals surface area contributed by atoms with E-state index in [-0.39, 0.29) is 0 Å². The molecule has 0 saturated carbocycles. The molecule has 0 aliphatic carbocycles. The lowest BCUT2D eigenvalue weighted by Crippen LogP contribution is -2.41. The SMILES string of the molecule is NCC(c1cc(Br)c(Cl)s1)N1CCC(N2CCCCC2)C1. The zero-order valence-corrected chi connectivity index (χ0v) is 15.4. The van der Waals surface area contributed by atoms with Gasteiger partial charge < -0.3 is 5.73 Å². The van der Waals surface area contributed by atoms with Crippen LogP contribution in [0.5, 0.6) is 0 Å². The number of rotatable bonds is 4. The molecule has 2 N–H and O–H groups in total. The highest BCUT2D eigenvalue weighted by Crippen LogP contribution is 2.38. The van der Waals surface area contributed by atoms with Crippen LogP contribution in [0.4, 0.5) is 0 Å². The minimum absolute atomic E-state index is 0.314. The van der Waals surface area contributed by atoms with Gasteiger partial charge in [-0.1, -0.05) is 18.0 Å². The van der Waals surface area contributed by atoms with Crippen molar-refractivity contribution in [1.29, 1.82) is 0 Å². The molecule has 3 heterocycles. The summed E-state index contributed by atoms with van der Waals surface area (Å²) in [5.41, 5.74) is 6.06. The summed E-state index contributed by atoms with van der Waals surface area (Å²) < 4.78 is 1.82. The fourth-order valence-corrected chi connectivity index (χ4v) is 5.49. The van der Waals surface area contributed by atoms with Crippen molar-refractivity contribution < 1.29 is 0 Å². The first kappa shape index (κ1) is 16.2. The zero-order valence-electron chi connectivity index (χ0n) is 12.2. The lowest BCUT2D eigenvalue weighted by atomic mass is 10.1. The topological polar surface area (TPSA) is 32.5 Å². The molecule has 2 aliphatic rings. The van der Waals surface area contributed by atoms with Crippen molar-refractivity contribution in [1.82, 2.24) is 9.80 Å². The third-order valence-electron chi connectivity index (χ3n) is 4.76. The van der Waals surface area contributed by atoms with E-state index in [4.69, 9.17) is 17.3 Å². The first-order chi connectivity index (χ1) is 10.2. The number of hydrogen-bond acceptors (Lipinski definition) is 4. The van der Waals surface area contributed by atoms with E-state index in [1.54, 1.807) is 11.3 Å². The molecule has 0 spiro atoms. The van der Waals surface area contributed by atoms with E-state index in [2.05, 4.69) is 31.8 Å². The van der Waals surface area contributed by atoms with Gasteiger partial charge in [-0.15, -0.1) is 11.3 Å². The minimum atomic E-state index is 0.314. The maximum absolute atomic E-state index is 6.19. The molecule has 0 aromatic carbocycles. The molecule has 3 nitrogen and oxygen atoms in total. The summed E-state index contributed by atoms with van der Waals surface area (Å²) in [5, 5.41) is 0. The number of nitrogens with zero attached hydrogens (tertiary/aromatic N) is 2. The van der Waals surface area contributed by atoms with Gasteiger partial charge in [-0.05, 0) is 54.3 Å². The van der Waals surface area contributed by atoms with Crippen LogP contribution in [-0.4, -0.2) is 48.6 Å². The maximum atomic E-state index is 6.19. The van der Waals surface area contributed by atoms with Crippen LogP contribution in [0.2, 0.25) is 4.34 Å². The third-order valence-corrected chi connectivity index (χ3v) is 7.33. The third kappa shape index (κ3) is 3.65. The van der Waals surface area contributed by atoms with Gasteiger partial charge >= 0.3 is 0 Å². The van der Waals surface area contributed by atoms with Crippen molar-refractivity contribution in [3.63, 3.8) is 0 Å². The van der Waals surface area contributed by atoms with E-state index >= 15 is 0 Å². The van der Waals surface area contributed by atoms with E-state index in [9.17, 15) is 0 Å². The average molecular weight is 393 g/mol. The van der Waals surface area contributed by atoms with E-state index in [0.717, 1.165) is 27.9 Å². The summed E-state index contributed by atoms with van der Waals surface area (Å²) in [5.74, 6) is 0. The minimum Gasteiger partial charge on any atom is -0.329 e. The Hall–Kier alpha value is 0.350. The number of thiophene rings is 1. The van der Waals surface area contributed by atoms with Gasteiger partial charge in [0.2, 0.25) is 0 Å². The summed E-state index contributed by atoms with van der Waals surface area (Å²) in [7, 11) is 0. The Morgan fingerprint density at radius 2 is 2.10 bits per heavy atom. The number of nitrogens with two attached hydrogens (primary N) is 1. The van der Waals surface area contributed by atoms with Gasteiger partial charge in [0.1, 0.15) is 4.34 Å². The molecular formula is C15H23BrClN3S. The van der Waals surface area contributed by atoms with Gasteiger partial charge in [0.25, 0.3) is 0 Å². The summed E-state index contributed by atoms with van der Waals surface area (Å²) in [6.45, 7) is 5.52. The second-order valence-corrected chi connectivity index (χ2v) is 8.60. The molecule has 118 valence electrons. The van der Waals surface area contributed by atoms with Crippen LogP contribution in [0.3, 0.4) is 0 Å². The quantitative estimate of drug-likeness (QED) is 0.847. The Labute approximate surface area is 144 Å². The molecule has 2 saturated heterocycles. The van der Waals surface area contributed by atoms with Crippen molar-refractivity contribution in [2.24, 2.45) is 5.73 Å². The van der Waals surface area contributed by atoms with E-state index in [1.165, 1.54) is 43.6 Å². The number of likely N-dealkylation sites (tertiary alicyclic amines) is 2. The number of halogens is 2. The second kappa shape index (κ2) is 7.28. The molecule has 21 heavy (non-hydrogen) atoms. The van der Waals surface area contributed by atoms with E-state index in [0.29, 0.717) is 12.6 Å². The fraction of sp³-hybridized carbons (Fsp3) is 0.733. The van der Waals surface area contributed by atoms with E-state index < -0.39 is 0 Å². The maximum Gasteiger partial charge on any atom is 0.107 e. The molecule has 1 aromatic rings. The molecule has 0 radical (unpaired) electrons. The smallest absolute Gasteiger partial charge is 0.107 e. The number of hydrogen-bond donors (Lipinski definition) is 1.